The lowest BCUT2D eigenvalue weighted by Gasteiger charge is -2.51. The van der Waals surface area contributed by atoms with E-state index in [-0.39, 0.29) is 0 Å². The molecule has 0 amide bonds. The molecule has 0 fully saturated rings. The molecule has 73 heavy (non-hydrogen) atoms. The first-order valence-electron chi connectivity index (χ1n) is 26.9. The lowest BCUT2D eigenvalue weighted by atomic mass is 10.1. The van der Waals surface area contributed by atoms with Gasteiger partial charge in [-0.05, 0) is 152 Å². The van der Waals surface area contributed by atoms with Crippen molar-refractivity contribution in [2.24, 2.45) is 0 Å². The molecule has 0 saturated heterocycles. The summed E-state index contributed by atoms with van der Waals surface area (Å²) in [4.78, 5) is 12.6. The normalized spacial score (nSPS) is 14.6. The second-order valence-electron chi connectivity index (χ2n) is 18.9. The second kappa shape index (κ2) is 21.4. The summed E-state index contributed by atoms with van der Waals surface area (Å²) in [5.74, 6) is 0. The maximum Gasteiger partial charge on any atom is 0.0541 e. The molecule has 1 nitrogen and oxygen atoms in total. The third-order valence-electron chi connectivity index (χ3n) is 14.9. The lowest BCUT2D eigenvalue weighted by Crippen LogP contribution is -2.28. The molecule has 0 bridgehead atoms. The van der Waals surface area contributed by atoms with Crippen LogP contribution in [0.15, 0.2) is 262 Å². The predicted octanol–water partition coefficient (Wildman–Crippen LogP) is 21.9. The summed E-state index contributed by atoms with van der Waals surface area (Å²) in [5, 5.41) is 4.32. The number of nitrogens with zero attached hydrogens (tertiary/aromatic N) is 1. The second-order valence-corrected chi connectivity index (χ2v) is 29.8. The highest BCUT2D eigenvalue weighted by molar-refractivity contribution is 8.35. The largest absolute Gasteiger partial charge is 0.309 e. The Morgan fingerprint density at radius 3 is 0.932 bits per heavy atom. The Morgan fingerprint density at radius 1 is 0.315 bits per heavy atom. The monoisotopic (exact) mass is 1010 g/mol. The molecule has 9 aromatic carbocycles. The first-order valence-corrected chi connectivity index (χ1v) is 31.9. The summed E-state index contributed by atoms with van der Waals surface area (Å²) in [5.41, 5.74) is 9.05. The Hall–Kier alpha value is -6.17. The Labute approximate surface area is 442 Å². The molecule has 0 spiro atoms. The number of hydrogen-bond donors (Lipinski definition) is 0. The summed E-state index contributed by atoms with van der Waals surface area (Å²) in [6.45, 7) is 26.7. The predicted molar refractivity (Wildman–Crippen MR) is 324 cm³/mol. The molecular weight excluding hydrogens is 939 g/mol. The summed E-state index contributed by atoms with van der Waals surface area (Å²) in [6, 6.07) is 84.3. The molecule has 3 heterocycles. The molecule has 0 unspecified atom stereocenters. The smallest absolute Gasteiger partial charge is 0.0541 e. The first-order chi connectivity index (χ1) is 35.7. The minimum absolute atomic E-state index is 0.582. The first kappa shape index (κ1) is 51.7. The minimum atomic E-state index is -1.86. The standard InChI is InChI=1S/C63H57NS3.3C2H6/c1-43(2)65(44(3)4,45(5)6)49-35-33-46(34-36-49)64-58-39-37-50(66(47-21-9-7-10-22-47)60-29-17-13-25-52(60)53-26-14-18-30-61(53)66)41-56(58)57-42-51(38-40-59(57)64)67(48-23-11-8-12-24-48)62-31-19-15-27-54(62)55-28-16-20-32-63(55)67;3*1-2/h7-45H,1-6H3;3*1-2H3. The van der Waals surface area contributed by atoms with E-state index in [1.807, 2.05) is 41.5 Å². The molecule has 2 aliphatic heterocycles. The van der Waals surface area contributed by atoms with Gasteiger partial charge >= 0.3 is 0 Å². The molecule has 0 atom stereocenters. The van der Waals surface area contributed by atoms with E-state index in [2.05, 4.69) is 264 Å². The van der Waals surface area contributed by atoms with E-state index in [9.17, 15) is 0 Å². The fourth-order valence-electron chi connectivity index (χ4n) is 12.5. The summed E-state index contributed by atoms with van der Waals surface area (Å²) < 4.78 is 2.56. The zero-order valence-electron chi connectivity index (χ0n) is 45.2. The van der Waals surface area contributed by atoms with Crippen LogP contribution in [0.4, 0.5) is 0 Å². The van der Waals surface area contributed by atoms with Crippen molar-refractivity contribution in [1.29, 1.82) is 0 Å². The Bertz CT molecular complexity index is 3200. The van der Waals surface area contributed by atoms with E-state index in [1.165, 1.54) is 93.8 Å². The Morgan fingerprint density at radius 2 is 0.616 bits per heavy atom. The van der Waals surface area contributed by atoms with Crippen LogP contribution < -0.4 is 0 Å². The van der Waals surface area contributed by atoms with Crippen molar-refractivity contribution in [3.8, 4) is 27.9 Å². The van der Waals surface area contributed by atoms with Gasteiger partial charge < -0.3 is 4.57 Å². The highest BCUT2D eigenvalue weighted by atomic mass is 32.3. The summed E-state index contributed by atoms with van der Waals surface area (Å²) >= 11 is 0. The van der Waals surface area contributed by atoms with Crippen molar-refractivity contribution >= 4 is 51.9 Å². The molecule has 0 N–H and O–H groups in total. The van der Waals surface area contributed by atoms with E-state index in [4.69, 9.17) is 0 Å². The molecule has 0 saturated carbocycles. The molecular formula is C69H75NS3. The van der Waals surface area contributed by atoms with Gasteiger partial charge in [0, 0.05) is 55.6 Å². The van der Waals surface area contributed by atoms with Crippen LogP contribution in [-0.2, 0) is 0 Å². The van der Waals surface area contributed by atoms with Crippen LogP contribution in [0.1, 0.15) is 83.1 Å². The SMILES string of the molecule is CC.CC.CC.CC(C)S(c1ccc(-n2c3ccc(S4(c5ccccc5)c5ccccc5-c5ccccc54)cc3c3cc(S4(c5ccccc5)c5ccccc5-c5ccccc54)ccc32)cc1)(C(C)C)C(C)C. The van der Waals surface area contributed by atoms with Gasteiger partial charge in [-0.15, -0.1) is 20.1 Å². The van der Waals surface area contributed by atoms with Gasteiger partial charge in [-0.3, -0.25) is 0 Å². The van der Waals surface area contributed by atoms with E-state index in [0.29, 0.717) is 15.7 Å². The zero-order chi connectivity index (χ0) is 51.7. The van der Waals surface area contributed by atoms with Gasteiger partial charge in [0.15, 0.2) is 0 Å². The average molecular weight is 1010 g/mol. The van der Waals surface area contributed by atoms with Crippen LogP contribution in [-0.4, -0.2) is 20.3 Å². The number of rotatable bonds is 9. The molecule has 374 valence electrons. The molecule has 4 heteroatoms. The fraction of sp³-hybridized carbons (Fsp3) is 0.217. The number of benzene rings is 9. The van der Waals surface area contributed by atoms with Gasteiger partial charge in [0.25, 0.3) is 0 Å². The van der Waals surface area contributed by atoms with Gasteiger partial charge in [0.1, 0.15) is 0 Å². The molecule has 2 aliphatic rings. The highest BCUT2D eigenvalue weighted by Crippen LogP contribution is 2.81. The quantitative estimate of drug-likeness (QED) is 0.136. The topological polar surface area (TPSA) is 4.93 Å². The van der Waals surface area contributed by atoms with E-state index >= 15 is 0 Å². The van der Waals surface area contributed by atoms with Crippen LogP contribution in [0.25, 0.3) is 49.7 Å². The number of aromatic nitrogens is 1. The van der Waals surface area contributed by atoms with Gasteiger partial charge in [-0.1, -0.05) is 192 Å². The average Bonchev–Trinajstić information content (AvgIpc) is 4.06. The number of fused-ring (bicyclic) bond motifs is 9. The highest BCUT2D eigenvalue weighted by Gasteiger charge is 2.44. The minimum Gasteiger partial charge on any atom is -0.309 e. The van der Waals surface area contributed by atoms with Crippen molar-refractivity contribution < 1.29 is 0 Å². The van der Waals surface area contributed by atoms with Crippen molar-refractivity contribution in [3.63, 3.8) is 0 Å². The molecule has 12 rings (SSSR count). The van der Waals surface area contributed by atoms with Gasteiger partial charge in [0.05, 0.1) is 11.0 Å². The van der Waals surface area contributed by atoms with Crippen molar-refractivity contribution in [1.82, 2.24) is 4.57 Å². The molecule has 0 aliphatic carbocycles. The van der Waals surface area contributed by atoms with Gasteiger partial charge in [-0.2, -0.15) is 0 Å². The zero-order valence-corrected chi connectivity index (χ0v) is 47.6. The summed E-state index contributed by atoms with van der Waals surface area (Å²) in [7, 11) is -4.82. The van der Waals surface area contributed by atoms with Crippen LogP contribution in [0.2, 0.25) is 0 Å². The van der Waals surface area contributed by atoms with Crippen LogP contribution in [0, 0.1) is 0 Å². The van der Waals surface area contributed by atoms with Crippen molar-refractivity contribution in [2.75, 3.05) is 0 Å². The lowest BCUT2D eigenvalue weighted by molar-refractivity contribution is 0.934. The van der Waals surface area contributed by atoms with Crippen LogP contribution >= 0.6 is 30.1 Å². The third-order valence-corrected chi connectivity index (χ3v) is 28.6. The maximum atomic E-state index is 2.60. The maximum absolute atomic E-state index is 2.60. The van der Waals surface area contributed by atoms with Gasteiger partial charge in [0.2, 0.25) is 0 Å². The van der Waals surface area contributed by atoms with Crippen LogP contribution in [0.3, 0.4) is 0 Å². The van der Waals surface area contributed by atoms with E-state index in [1.54, 1.807) is 0 Å². The Balaban J connectivity index is 0.00000106. The molecule has 1 aromatic heterocycles. The van der Waals surface area contributed by atoms with Crippen LogP contribution in [0.5, 0.6) is 0 Å². The third kappa shape index (κ3) is 7.77. The molecule has 10 aromatic rings. The van der Waals surface area contributed by atoms with Gasteiger partial charge in [-0.25, -0.2) is 10.0 Å². The Kier molecular flexibility index (Phi) is 15.1. The fourth-order valence-corrected chi connectivity index (χ4v) is 26.5. The van der Waals surface area contributed by atoms with E-state index in [0.717, 1.165) is 0 Å². The molecule has 0 radical (unpaired) electrons. The van der Waals surface area contributed by atoms with Crippen molar-refractivity contribution in [2.45, 2.75) is 143 Å². The number of hydrogen-bond acceptors (Lipinski definition) is 0. The van der Waals surface area contributed by atoms with Crippen molar-refractivity contribution in [3.05, 3.63) is 218 Å². The summed E-state index contributed by atoms with van der Waals surface area (Å²) in [6.07, 6.45) is 0. The van der Waals surface area contributed by atoms with E-state index < -0.39 is 30.1 Å².